The van der Waals surface area contributed by atoms with Gasteiger partial charge in [-0.3, -0.25) is 9.78 Å². The minimum absolute atomic E-state index is 0.106. The lowest BCUT2D eigenvalue weighted by Gasteiger charge is -2.15. The molecule has 0 bridgehead atoms. The van der Waals surface area contributed by atoms with E-state index in [9.17, 15) is 4.79 Å². The molecule has 0 amide bonds. The summed E-state index contributed by atoms with van der Waals surface area (Å²) in [6.45, 7) is 6.02. The smallest absolute Gasteiger partial charge is 0.303 e. The van der Waals surface area contributed by atoms with E-state index in [1.54, 1.807) is 0 Å². The Bertz CT molecular complexity index is 1330. The molecule has 4 aromatic rings. The number of pyridine rings is 2. The molecular weight excluding hydrogens is 414 g/mol. The van der Waals surface area contributed by atoms with Crippen LogP contribution in [-0.4, -0.2) is 27.1 Å². The minimum Gasteiger partial charge on any atom is -0.491 e. The highest BCUT2D eigenvalue weighted by molar-refractivity contribution is 6.08. The number of nitrogen functional groups attached to an aromatic ring is 1. The van der Waals surface area contributed by atoms with Gasteiger partial charge in [-0.05, 0) is 86.6 Å². The highest BCUT2D eigenvalue weighted by atomic mass is 16.5. The second-order valence-electron chi connectivity index (χ2n) is 8.71. The van der Waals surface area contributed by atoms with Gasteiger partial charge in [0.25, 0.3) is 0 Å². The number of fused-ring (bicyclic) bond motifs is 3. The topological polar surface area (TPSA) is 98.3 Å². The number of benzene rings is 2. The maximum absolute atomic E-state index is 10.7. The fraction of sp³-hybridized carbons (Fsp3) is 0.296. The average Bonchev–Trinajstić information content (AvgIpc) is 2.77. The van der Waals surface area contributed by atoms with Crippen molar-refractivity contribution < 1.29 is 14.6 Å². The van der Waals surface area contributed by atoms with Crippen molar-refractivity contribution in [3.63, 3.8) is 0 Å². The third-order valence-corrected chi connectivity index (χ3v) is 5.97. The second-order valence-corrected chi connectivity index (χ2v) is 8.71. The fourth-order valence-electron chi connectivity index (χ4n) is 4.12. The summed E-state index contributed by atoms with van der Waals surface area (Å²) in [5.74, 6) is 0.423. The highest BCUT2D eigenvalue weighted by Crippen LogP contribution is 2.28. The van der Waals surface area contributed by atoms with E-state index < -0.39 is 5.97 Å². The van der Waals surface area contributed by atoms with E-state index in [-0.39, 0.29) is 12.5 Å². The Morgan fingerprint density at radius 1 is 1.09 bits per heavy atom. The number of nitrogens with two attached hydrogens (primary N) is 1. The molecule has 2 heterocycles. The van der Waals surface area contributed by atoms with Crippen LogP contribution in [0.25, 0.3) is 21.8 Å². The molecule has 2 aromatic carbocycles. The van der Waals surface area contributed by atoms with Crippen molar-refractivity contribution in [2.24, 2.45) is 0 Å². The summed E-state index contributed by atoms with van der Waals surface area (Å²) in [6.07, 6.45) is 4.07. The first-order chi connectivity index (χ1) is 15.8. The Kier molecular flexibility index (Phi) is 6.45. The molecule has 0 fully saturated rings. The number of carboxylic acid groups (broad SMARTS) is 1. The molecule has 3 N–H and O–H groups in total. The molecule has 0 saturated heterocycles. The van der Waals surface area contributed by atoms with Crippen LogP contribution in [0.15, 0.2) is 48.7 Å². The van der Waals surface area contributed by atoms with Crippen molar-refractivity contribution in [2.45, 2.75) is 52.6 Å². The van der Waals surface area contributed by atoms with Crippen LogP contribution in [-0.2, 0) is 17.6 Å². The monoisotopic (exact) mass is 443 g/mol. The molecule has 1 atom stereocenters. The summed E-state index contributed by atoms with van der Waals surface area (Å²) < 4.78 is 5.88. The molecule has 170 valence electrons. The lowest BCUT2D eigenvalue weighted by molar-refractivity contribution is -0.137. The molecule has 0 saturated carbocycles. The predicted molar refractivity (Wildman–Crippen MR) is 132 cm³/mol. The molecule has 33 heavy (non-hydrogen) atoms. The van der Waals surface area contributed by atoms with Gasteiger partial charge in [0.05, 0.1) is 11.6 Å². The summed E-state index contributed by atoms with van der Waals surface area (Å²) in [4.78, 5) is 19.9. The van der Waals surface area contributed by atoms with Crippen LogP contribution in [0.1, 0.15) is 42.0 Å². The number of aryl methyl sites for hydroxylation is 4. The molecule has 0 aliphatic heterocycles. The number of carbonyl (C=O) groups is 1. The summed E-state index contributed by atoms with van der Waals surface area (Å²) >= 11 is 0. The maximum atomic E-state index is 10.7. The van der Waals surface area contributed by atoms with E-state index in [1.807, 2.05) is 38.2 Å². The largest absolute Gasteiger partial charge is 0.491 e. The van der Waals surface area contributed by atoms with Gasteiger partial charge in [-0.2, -0.15) is 0 Å². The quantitative estimate of drug-likeness (QED) is 0.354. The second kappa shape index (κ2) is 9.45. The van der Waals surface area contributed by atoms with Gasteiger partial charge in [-0.15, -0.1) is 0 Å². The predicted octanol–water partition coefficient (Wildman–Crippen LogP) is 5.40. The van der Waals surface area contributed by atoms with Gasteiger partial charge >= 0.3 is 5.97 Å². The molecule has 1 unspecified atom stereocenters. The molecule has 4 rings (SSSR count). The number of aromatic nitrogens is 2. The number of anilines is 1. The molecule has 0 radical (unpaired) electrons. The summed E-state index contributed by atoms with van der Waals surface area (Å²) in [6, 6.07) is 14.5. The summed E-state index contributed by atoms with van der Waals surface area (Å²) in [7, 11) is 0. The van der Waals surface area contributed by atoms with Crippen molar-refractivity contribution in [2.75, 3.05) is 5.73 Å². The lowest BCUT2D eigenvalue weighted by atomic mass is 9.99. The third kappa shape index (κ3) is 5.22. The van der Waals surface area contributed by atoms with Gasteiger partial charge in [-0.1, -0.05) is 18.2 Å². The van der Waals surface area contributed by atoms with E-state index in [0.29, 0.717) is 12.2 Å². The zero-order valence-electron chi connectivity index (χ0n) is 19.3. The van der Waals surface area contributed by atoms with E-state index in [2.05, 4.69) is 41.2 Å². The molecule has 0 spiro atoms. The van der Waals surface area contributed by atoms with Gasteiger partial charge in [0, 0.05) is 23.4 Å². The molecule has 6 nitrogen and oxygen atoms in total. The van der Waals surface area contributed by atoms with Crippen molar-refractivity contribution in [1.82, 2.24) is 9.97 Å². The Hall–Kier alpha value is -3.67. The number of ether oxygens (including phenoxy) is 1. The Morgan fingerprint density at radius 3 is 2.67 bits per heavy atom. The van der Waals surface area contributed by atoms with E-state index in [4.69, 9.17) is 15.6 Å². The van der Waals surface area contributed by atoms with Gasteiger partial charge in [-0.25, -0.2) is 4.98 Å². The normalized spacial score (nSPS) is 12.2. The number of carboxylic acids is 1. The maximum Gasteiger partial charge on any atom is 0.303 e. The van der Waals surface area contributed by atoms with Crippen LogP contribution < -0.4 is 10.5 Å². The van der Waals surface area contributed by atoms with Crippen LogP contribution >= 0.6 is 0 Å². The van der Waals surface area contributed by atoms with Crippen molar-refractivity contribution >= 4 is 33.6 Å². The summed E-state index contributed by atoms with van der Waals surface area (Å²) in [5, 5.41) is 10.9. The molecule has 2 aromatic heterocycles. The van der Waals surface area contributed by atoms with E-state index in [1.165, 1.54) is 5.56 Å². The van der Waals surface area contributed by atoms with Gasteiger partial charge in [0.2, 0.25) is 0 Å². The number of rotatable bonds is 8. The Labute approximate surface area is 193 Å². The third-order valence-electron chi connectivity index (χ3n) is 5.97. The van der Waals surface area contributed by atoms with Crippen molar-refractivity contribution in [3.8, 4) is 5.75 Å². The SMILES string of the molecule is Cc1ccc2c(c1)nc(N)c1ncc(CCc3ccc(OC(C)CCC(=O)O)cc3C)cc12. The number of aliphatic carboxylic acids is 1. The van der Waals surface area contributed by atoms with Crippen LogP contribution in [0, 0.1) is 13.8 Å². The average molecular weight is 444 g/mol. The van der Waals surface area contributed by atoms with E-state index >= 15 is 0 Å². The first-order valence-corrected chi connectivity index (χ1v) is 11.2. The lowest BCUT2D eigenvalue weighted by Crippen LogP contribution is -2.13. The standard InChI is InChI=1S/C27H29N3O3/c1-16-4-10-22-23-14-19(15-29-26(23)27(28)30-24(22)12-16)6-7-20-8-9-21(13-17(20)2)33-18(3)5-11-25(31)32/h4,8-10,12-15,18H,5-7,11H2,1-3H3,(H2,28,30)(H,31,32). The van der Waals surface area contributed by atoms with Crippen LogP contribution in [0.3, 0.4) is 0 Å². The number of nitrogens with zero attached hydrogens (tertiary/aromatic N) is 2. The first-order valence-electron chi connectivity index (χ1n) is 11.2. The summed E-state index contributed by atoms with van der Waals surface area (Å²) in [5.41, 5.74) is 12.5. The zero-order valence-corrected chi connectivity index (χ0v) is 19.3. The van der Waals surface area contributed by atoms with E-state index in [0.717, 1.165) is 57.1 Å². The van der Waals surface area contributed by atoms with Crippen LogP contribution in [0.2, 0.25) is 0 Å². The Balaban J connectivity index is 1.50. The van der Waals surface area contributed by atoms with Crippen LogP contribution in [0.4, 0.5) is 5.82 Å². The van der Waals surface area contributed by atoms with Gasteiger partial charge in [0.1, 0.15) is 11.3 Å². The van der Waals surface area contributed by atoms with Gasteiger partial charge in [0.15, 0.2) is 5.82 Å². The highest BCUT2D eigenvalue weighted by Gasteiger charge is 2.11. The molecule has 0 aliphatic carbocycles. The molecular formula is C27H29N3O3. The van der Waals surface area contributed by atoms with Gasteiger partial charge < -0.3 is 15.6 Å². The number of hydrogen-bond donors (Lipinski definition) is 2. The minimum atomic E-state index is -0.804. The van der Waals surface area contributed by atoms with Crippen LogP contribution in [0.5, 0.6) is 5.75 Å². The molecule has 0 aliphatic rings. The van der Waals surface area contributed by atoms with Crippen molar-refractivity contribution in [3.05, 3.63) is 70.9 Å². The Morgan fingerprint density at radius 2 is 1.91 bits per heavy atom. The first kappa shape index (κ1) is 22.5. The number of hydrogen-bond acceptors (Lipinski definition) is 5. The van der Waals surface area contributed by atoms with Crippen molar-refractivity contribution in [1.29, 1.82) is 0 Å². The molecule has 6 heteroatoms. The fourth-order valence-corrected chi connectivity index (χ4v) is 4.12. The zero-order chi connectivity index (χ0) is 23.5.